The molecule has 0 bridgehead atoms. The van der Waals surface area contributed by atoms with Crippen molar-refractivity contribution in [1.82, 2.24) is 20.6 Å². The topological polar surface area (TPSA) is 121 Å². The van der Waals surface area contributed by atoms with E-state index < -0.39 is 24.0 Å². The minimum atomic E-state index is -1.12. The molecule has 2 aromatic heterocycles. The predicted octanol–water partition coefficient (Wildman–Crippen LogP) is 8.42. The zero-order chi connectivity index (χ0) is 36.0. The van der Waals surface area contributed by atoms with Gasteiger partial charge >= 0.3 is 5.97 Å². The normalized spacial score (nSPS) is 17.6. The Morgan fingerprint density at radius 2 is 1.46 bits per heavy atom. The number of nitrogens with one attached hydrogen (secondary N) is 2. The van der Waals surface area contributed by atoms with E-state index in [1.165, 1.54) is 49.0 Å². The van der Waals surface area contributed by atoms with E-state index in [2.05, 4.69) is 72.6 Å². The van der Waals surface area contributed by atoms with E-state index in [9.17, 15) is 19.5 Å². The largest absolute Gasteiger partial charge is 0.480 e. The Kier molecular flexibility index (Phi) is 11.9. The number of benzene rings is 2. The minimum Gasteiger partial charge on any atom is -0.480 e. The molecule has 1 aliphatic carbocycles. The molecule has 2 heterocycles. The van der Waals surface area contributed by atoms with Crippen molar-refractivity contribution in [2.45, 2.75) is 103 Å². The summed E-state index contributed by atoms with van der Waals surface area (Å²) in [5, 5.41) is 15.2. The number of carboxylic acids is 1. The number of aromatic nitrogens is 2. The number of aliphatic carboxylic acids is 1. The van der Waals surface area contributed by atoms with Crippen LogP contribution in [0.1, 0.15) is 105 Å². The number of carbonyl (C=O) groups excluding carboxylic acids is 2. The Hall–Kier alpha value is -4.37. The Balaban J connectivity index is 1.27. The summed E-state index contributed by atoms with van der Waals surface area (Å²) >= 11 is 1.39. The maximum Gasteiger partial charge on any atom is 0.326 e. The summed E-state index contributed by atoms with van der Waals surface area (Å²) in [5.41, 5.74) is 4.97. The van der Waals surface area contributed by atoms with Gasteiger partial charge in [0.15, 0.2) is 5.82 Å². The lowest BCUT2D eigenvalue weighted by Gasteiger charge is -2.28. The summed E-state index contributed by atoms with van der Waals surface area (Å²) in [6.45, 7) is 12.0. The van der Waals surface area contributed by atoms with Crippen LogP contribution < -0.4 is 10.6 Å². The third-order valence-electron chi connectivity index (χ3n) is 9.86. The molecule has 0 aliphatic heterocycles. The van der Waals surface area contributed by atoms with E-state index >= 15 is 0 Å². The van der Waals surface area contributed by atoms with Crippen molar-refractivity contribution in [1.29, 1.82) is 0 Å². The minimum absolute atomic E-state index is 0.115. The Labute approximate surface area is 300 Å². The van der Waals surface area contributed by atoms with Gasteiger partial charge in [0.2, 0.25) is 5.91 Å². The summed E-state index contributed by atoms with van der Waals surface area (Å²) in [6, 6.07) is 18.0. The van der Waals surface area contributed by atoms with Gasteiger partial charge in [-0.2, -0.15) is 0 Å². The van der Waals surface area contributed by atoms with Crippen LogP contribution in [0.4, 0.5) is 0 Å². The standard InChI is InChI=1S/C41H50N4O4S/c1-7-26-8-12-28(13-9-26)29-16-18-30(19-17-29)32-23-42-37(43-24-32)31-14-10-27(11-15-31)22-33(38(46)45-36(25(2)3)40(48)49)44-39(47)34-20-21-35(50-34)41(4,5)6/h10-11,14-21,23-26,28,33,36H,7-9,12-13,22H2,1-6H3,(H,44,47)(H,45,46)(H,48,49)/t26?,28?,33-,36-/m0/s1. The van der Waals surface area contributed by atoms with Crippen LogP contribution >= 0.6 is 11.3 Å². The molecule has 1 fully saturated rings. The van der Waals surface area contributed by atoms with Crippen LogP contribution in [0.3, 0.4) is 0 Å². The lowest BCUT2D eigenvalue weighted by molar-refractivity contribution is -0.143. The van der Waals surface area contributed by atoms with E-state index in [0.717, 1.165) is 33.0 Å². The van der Waals surface area contributed by atoms with Crippen molar-refractivity contribution in [2.75, 3.05) is 0 Å². The van der Waals surface area contributed by atoms with Crippen LogP contribution in [0, 0.1) is 11.8 Å². The molecule has 264 valence electrons. The van der Waals surface area contributed by atoms with Gasteiger partial charge in [0.1, 0.15) is 12.1 Å². The van der Waals surface area contributed by atoms with Gasteiger partial charge in [-0.15, -0.1) is 11.3 Å². The molecule has 2 atom stereocenters. The number of nitrogens with zero attached hydrogens (tertiary/aromatic N) is 2. The molecule has 0 unspecified atom stereocenters. The highest BCUT2D eigenvalue weighted by molar-refractivity contribution is 7.14. The molecule has 9 heteroatoms. The summed E-state index contributed by atoms with van der Waals surface area (Å²) in [6.07, 6.45) is 10.3. The third kappa shape index (κ3) is 9.24. The first-order chi connectivity index (χ1) is 23.8. The molecule has 1 saturated carbocycles. The van der Waals surface area contributed by atoms with E-state index in [4.69, 9.17) is 0 Å². The van der Waals surface area contributed by atoms with Gasteiger partial charge in [0.05, 0.1) is 4.88 Å². The van der Waals surface area contributed by atoms with Crippen molar-refractivity contribution in [3.05, 3.63) is 93.9 Å². The molecule has 4 aromatic rings. The van der Waals surface area contributed by atoms with E-state index in [0.29, 0.717) is 16.6 Å². The van der Waals surface area contributed by atoms with Gasteiger partial charge in [-0.1, -0.05) is 96.5 Å². The first-order valence-electron chi connectivity index (χ1n) is 17.8. The fourth-order valence-electron chi connectivity index (χ4n) is 6.57. The second-order valence-electron chi connectivity index (χ2n) is 15.0. The fourth-order valence-corrected chi connectivity index (χ4v) is 7.54. The highest BCUT2D eigenvalue weighted by atomic mass is 32.1. The van der Waals surface area contributed by atoms with E-state index in [1.54, 1.807) is 19.9 Å². The van der Waals surface area contributed by atoms with Crippen LogP contribution in [0.15, 0.2) is 73.1 Å². The van der Waals surface area contributed by atoms with Crippen molar-refractivity contribution in [3.8, 4) is 22.5 Å². The summed E-state index contributed by atoms with van der Waals surface area (Å²) < 4.78 is 0. The zero-order valence-electron chi connectivity index (χ0n) is 30.0. The average molecular weight is 695 g/mol. The first-order valence-corrected chi connectivity index (χ1v) is 18.6. The Morgan fingerprint density at radius 1 is 0.840 bits per heavy atom. The lowest BCUT2D eigenvalue weighted by atomic mass is 9.78. The van der Waals surface area contributed by atoms with Gasteiger partial charge in [-0.05, 0) is 77.7 Å². The van der Waals surface area contributed by atoms with Crippen molar-refractivity contribution in [2.24, 2.45) is 11.8 Å². The second kappa shape index (κ2) is 16.1. The quantitative estimate of drug-likeness (QED) is 0.137. The SMILES string of the molecule is CCC1CCC(c2ccc(-c3cnc(-c4ccc(C[C@H](NC(=O)c5ccc(C(C)(C)C)s5)C(=O)N[C@H](C(=O)O)C(C)C)cc4)nc3)cc2)CC1. The average Bonchev–Trinajstić information content (AvgIpc) is 3.62. The monoisotopic (exact) mass is 694 g/mol. The second-order valence-corrected chi connectivity index (χ2v) is 16.0. The first kappa shape index (κ1) is 36.9. The lowest BCUT2D eigenvalue weighted by Crippen LogP contribution is -2.53. The number of carboxylic acid groups (broad SMARTS) is 1. The Bertz CT molecular complexity index is 1750. The van der Waals surface area contributed by atoms with Crippen molar-refractivity contribution in [3.63, 3.8) is 0 Å². The third-order valence-corrected chi connectivity index (χ3v) is 11.4. The summed E-state index contributed by atoms with van der Waals surface area (Å²) in [4.78, 5) is 49.4. The molecule has 1 aliphatic rings. The molecule has 0 spiro atoms. The van der Waals surface area contributed by atoms with Crippen LogP contribution in [0.5, 0.6) is 0 Å². The highest BCUT2D eigenvalue weighted by Crippen LogP contribution is 2.37. The van der Waals surface area contributed by atoms with Gasteiger partial charge in [0.25, 0.3) is 5.91 Å². The number of hydrogen-bond donors (Lipinski definition) is 3. The molecule has 0 saturated heterocycles. The number of hydrogen-bond acceptors (Lipinski definition) is 6. The van der Waals surface area contributed by atoms with Crippen LogP contribution in [0.2, 0.25) is 0 Å². The van der Waals surface area contributed by atoms with Crippen molar-refractivity contribution >= 4 is 29.1 Å². The zero-order valence-corrected chi connectivity index (χ0v) is 30.8. The molecule has 50 heavy (non-hydrogen) atoms. The molecular formula is C41H50N4O4S. The predicted molar refractivity (Wildman–Crippen MR) is 200 cm³/mol. The highest BCUT2D eigenvalue weighted by Gasteiger charge is 2.30. The molecule has 2 aromatic carbocycles. The molecular weight excluding hydrogens is 645 g/mol. The summed E-state index contributed by atoms with van der Waals surface area (Å²) in [7, 11) is 0. The summed E-state index contributed by atoms with van der Waals surface area (Å²) in [5.74, 6) is -0.258. The maximum absolute atomic E-state index is 13.5. The Morgan fingerprint density at radius 3 is 2.00 bits per heavy atom. The number of rotatable bonds is 12. The van der Waals surface area contributed by atoms with Gasteiger partial charge in [0, 0.05) is 34.8 Å². The fraction of sp³-hybridized carbons (Fsp3) is 0.439. The van der Waals surface area contributed by atoms with Crippen molar-refractivity contribution < 1.29 is 19.5 Å². The van der Waals surface area contributed by atoms with E-state index in [1.807, 2.05) is 42.7 Å². The number of thiophene rings is 1. The van der Waals surface area contributed by atoms with Crippen LogP contribution in [0.25, 0.3) is 22.5 Å². The van der Waals surface area contributed by atoms with Gasteiger partial charge in [-0.3, -0.25) is 9.59 Å². The maximum atomic E-state index is 13.5. The van der Waals surface area contributed by atoms with E-state index in [-0.39, 0.29) is 23.7 Å². The van der Waals surface area contributed by atoms with Crippen LogP contribution in [-0.4, -0.2) is 44.9 Å². The molecule has 8 nitrogen and oxygen atoms in total. The molecule has 5 rings (SSSR count). The number of amides is 2. The molecule has 0 radical (unpaired) electrons. The smallest absolute Gasteiger partial charge is 0.326 e. The molecule has 2 amide bonds. The van der Waals surface area contributed by atoms with Gasteiger partial charge < -0.3 is 15.7 Å². The van der Waals surface area contributed by atoms with Gasteiger partial charge in [-0.25, -0.2) is 14.8 Å². The van der Waals surface area contributed by atoms with Crippen LogP contribution in [-0.2, 0) is 21.4 Å². The molecule has 3 N–H and O–H groups in total. The number of carbonyl (C=O) groups is 3.